The van der Waals surface area contributed by atoms with Crippen LogP contribution in [0, 0.1) is 0 Å². The SMILES string of the molecule is CCCCCCCCCCCCCCCCCCOC(COC(C)=O)CO[P+](=O)O. The highest BCUT2D eigenvalue weighted by molar-refractivity contribution is 7.32. The van der Waals surface area contributed by atoms with Crippen LogP contribution in [0.3, 0.4) is 0 Å². The second-order valence-electron chi connectivity index (χ2n) is 8.13. The molecule has 7 heteroatoms. The van der Waals surface area contributed by atoms with Crippen LogP contribution in [0.4, 0.5) is 0 Å². The first kappa shape index (κ1) is 29.5. The maximum Gasteiger partial charge on any atom is 0.694 e. The van der Waals surface area contributed by atoms with Crippen LogP contribution in [0.5, 0.6) is 0 Å². The zero-order valence-corrected chi connectivity index (χ0v) is 20.3. The van der Waals surface area contributed by atoms with Crippen molar-refractivity contribution >= 4 is 14.2 Å². The largest absolute Gasteiger partial charge is 0.694 e. The second-order valence-corrected chi connectivity index (χ2v) is 8.87. The molecule has 0 spiro atoms. The molecule has 0 saturated heterocycles. The van der Waals surface area contributed by atoms with Gasteiger partial charge in [0, 0.05) is 18.1 Å². The Kier molecular flexibility index (Phi) is 22.7. The fourth-order valence-corrected chi connectivity index (χ4v) is 3.70. The molecule has 0 aliphatic carbocycles. The lowest BCUT2D eigenvalue weighted by Gasteiger charge is -2.14. The minimum atomic E-state index is -2.67. The monoisotopic (exact) mass is 449 g/mol. The Hall–Kier alpha value is -0.550. The molecule has 1 N–H and O–H groups in total. The molecule has 0 saturated carbocycles. The van der Waals surface area contributed by atoms with E-state index in [4.69, 9.17) is 14.4 Å². The average Bonchev–Trinajstić information content (AvgIpc) is 2.71. The van der Waals surface area contributed by atoms with Crippen molar-refractivity contribution in [2.45, 2.75) is 123 Å². The third kappa shape index (κ3) is 23.7. The van der Waals surface area contributed by atoms with E-state index in [9.17, 15) is 9.36 Å². The maximum atomic E-state index is 10.9. The summed E-state index contributed by atoms with van der Waals surface area (Å²) in [7, 11) is -2.67. The Morgan fingerprint density at radius 3 is 1.60 bits per heavy atom. The van der Waals surface area contributed by atoms with Crippen molar-refractivity contribution in [2.24, 2.45) is 0 Å². The summed E-state index contributed by atoms with van der Waals surface area (Å²) in [6, 6.07) is 0. The quantitative estimate of drug-likeness (QED) is 0.104. The molecule has 0 aromatic carbocycles. The number of esters is 1. The van der Waals surface area contributed by atoms with Gasteiger partial charge in [-0.05, 0) is 6.42 Å². The molecule has 0 amide bonds. The van der Waals surface area contributed by atoms with Crippen LogP contribution in [0.1, 0.15) is 117 Å². The number of rotatable bonds is 23. The lowest BCUT2D eigenvalue weighted by Crippen LogP contribution is -2.26. The van der Waals surface area contributed by atoms with Gasteiger partial charge in [0.2, 0.25) is 0 Å². The lowest BCUT2D eigenvalue weighted by atomic mass is 10.0. The van der Waals surface area contributed by atoms with E-state index in [1.807, 2.05) is 0 Å². The van der Waals surface area contributed by atoms with Gasteiger partial charge in [-0.1, -0.05) is 103 Å². The molecule has 2 unspecified atom stereocenters. The molecule has 0 heterocycles. The van der Waals surface area contributed by atoms with E-state index >= 15 is 0 Å². The van der Waals surface area contributed by atoms with Crippen LogP contribution in [0.25, 0.3) is 0 Å². The summed E-state index contributed by atoms with van der Waals surface area (Å²) in [5.74, 6) is -0.403. The van der Waals surface area contributed by atoms with E-state index in [0.29, 0.717) is 6.61 Å². The highest BCUT2D eigenvalue weighted by Crippen LogP contribution is 2.16. The van der Waals surface area contributed by atoms with Crippen molar-refractivity contribution in [1.82, 2.24) is 0 Å². The molecule has 2 atom stereocenters. The first-order chi connectivity index (χ1) is 14.6. The molecule has 0 fully saturated rings. The molecule has 0 aliphatic heterocycles. The molecule has 30 heavy (non-hydrogen) atoms. The van der Waals surface area contributed by atoms with Gasteiger partial charge >= 0.3 is 14.2 Å². The number of carbonyl (C=O) groups is 1. The van der Waals surface area contributed by atoms with Crippen molar-refractivity contribution < 1.29 is 28.3 Å². The molecule has 0 radical (unpaired) electrons. The van der Waals surface area contributed by atoms with Gasteiger partial charge in [0.15, 0.2) is 0 Å². The third-order valence-electron chi connectivity index (χ3n) is 5.19. The van der Waals surface area contributed by atoms with Gasteiger partial charge in [-0.25, -0.2) is 0 Å². The molecular weight excluding hydrogens is 403 g/mol. The van der Waals surface area contributed by atoms with E-state index in [1.165, 1.54) is 96.8 Å². The number of carbonyl (C=O) groups excluding carboxylic acids is 1. The van der Waals surface area contributed by atoms with Crippen LogP contribution in [-0.4, -0.2) is 36.8 Å². The Balaban J connectivity index is 3.40. The van der Waals surface area contributed by atoms with E-state index in [0.717, 1.165) is 12.8 Å². The number of hydrogen-bond donors (Lipinski definition) is 1. The Morgan fingerprint density at radius 2 is 1.20 bits per heavy atom. The zero-order chi connectivity index (χ0) is 22.3. The zero-order valence-electron chi connectivity index (χ0n) is 19.4. The van der Waals surface area contributed by atoms with E-state index < -0.39 is 20.3 Å². The summed E-state index contributed by atoms with van der Waals surface area (Å²) < 4.78 is 25.8. The van der Waals surface area contributed by atoms with Crippen molar-refractivity contribution in [1.29, 1.82) is 0 Å². The summed E-state index contributed by atoms with van der Waals surface area (Å²) in [4.78, 5) is 19.6. The van der Waals surface area contributed by atoms with Crippen LogP contribution < -0.4 is 0 Å². The first-order valence-electron chi connectivity index (χ1n) is 12.1. The molecule has 0 aliphatic rings. The van der Waals surface area contributed by atoms with Gasteiger partial charge in [-0.15, -0.1) is 9.42 Å². The molecule has 0 rings (SSSR count). The standard InChI is InChI=1S/C23H45O6P/c1-3-4-5-6-7-8-9-10-11-12-13-14-15-16-17-18-19-27-23(20-28-22(2)24)21-29-30(25)26/h23H,3-21H2,1-2H3/p+1. The van der Waals surface area contributed by atoms with E-state index in [1.54, 1.807) is 0 Å². The minimum Gasteiger partial charge on any atom is -0.463 e. The Labute approximate surface area is 185 Å². The van der Waals surface area contributed by atoms with Gasteiger partial charge in [0.05, 0.1) is 0 Å². The molecule has 0 aromatic heterocycles. The smallest absolute Gasteiger partial charge is 0.463 e. The molecule has 0 aromatic rings. The summed E-state index contributed by atoms with van der Waals surface area (Å²) >= 11 is 0. The highest BCUT2D eigenvalue weighted by atomic mass is 31.1. The van der Waals surface area contributed by atoms with Gasteiger partial charge in [-0.3, -0.25) is 4.79 Å². The summed E-state index contributed by atoms with van der Waals surface area (Å²) in [6.45, 7) is 4.11. The van der Waals surface area contributed by atoms with Crippen molar-refractivity contribution in [3.05, 3.63) is 0 Å². The van der Waals surface area contributed by atoms with E-state index in [2.05, 4.69) is 11.4 Å². The average molecular weight is 450 g/mol. The van der Waals surface area contributed by atoms with Gasteiger partial charge in [0.25, 0.3) is 0 Å². The Morgan fingerprint density at radius 1 is 0.767 bits per heavy atom. The van der Waals surface area contributed by atoms with Crippen LogP contribution in [0.15, 0.2) is 0 Å². The first-order valence-corrected chi connectivity index (χ1v) is 13.2. The van der Waals surface area contributed by atoms with Crippen LogP contribution in [0.2, 0.25) is 0 Å². The summed E-state index contributed by atoms with van der Waals surface area (Å²) in [6.07, 6.45) is 20.6. The van der Waals surface area contributed by atoms with Crippen molar-refractivity contribution in [3.8, 4) is 0 Å². The topological polar surface area (TPSA) is 82.1 Å². The van der Waals surface area contributed by atoms with Crippen molar-refractivity contribution in [3.63, 3.8) is 0 Å². The van der Waals surface area contributed by atoms with Crippen LogP contribution >= 0.6 is 8.25 Å². The number of ether oxygens (including phenoxy) is 2. The second kappa shape index (κ2) is 23.1. The predicted molar refractivity (Wildman–Crippen MR) is 122 cm³/mol. The number of hydrogen-bond acceptors (Lipinski definition) is 5. The Bertz CT molecular complexity index is 387. The molecule has 178 valence electrons. The van der Waals surface area contributed by atoms with Gasteiger partial charge < -0.3 is 9.47 Å². The normalized spacial score (nSPS) is 12.7. The van der Waals surface area contributed by atoms with Gasteiger partial charge in [-0.2, -0.15) is 0 Å². The summed E-state index contributed by atoms with van der Waals surface area (Å²) in [5.41, 5.74) is 0. The molecular formula is C23H46O6P+. The predicted octanol–water partition coefficient (Wildman–Crippen LogP) is 6.86. The van der Waals surface area contributed by atoms with Gasteiger partial charge in [0.1, 0.15) is 19.3 Å². The fraction of sp³-hybridized carbons (Fsp3) is 0.957. The molecule has 0 bridgehead atoms. The third-order valence-corrected chi connectivity index (χ3v) is 5.56. The van der Waals surface area contributed by atoms with Crippen LogP contribution in [-0.2, 0) is 23.4 Å². The minimum absolute atomic E-state index is 0.0391. The number of unbranched alkanes of at least 4 members (excludes halogenated alkanes) is 15. The van der Waals surface area contributed by atoms with Crippen molar-refractivity contribution in [2.75, 3.05) is 19.8 Å². The fourth-order valence-electron chi connectivity index (χ4n) is 3.40. The lowest BCUT2D eigenvalue weighted by molar-refractivity contribution is -0.146. The molecule has 6 nitrogen and oxygen atoms in total. The highest BCUT2D eigenvalue weighted by Gasteiger charge is 2.19. The van der Waals surface area contributed by atoms with E-state index in [-0.39, 0.29) is 13.2 Å². The maximum absolute atomic E-state index is 10.9. The summed E-state index contributed by atoms with van der Waals surface area (Å²) in [5, 5.41) is 0.